The van der Waals surface area contributed by atoms with Crippen LogP contribution >= 0.6 is 12.4 Å². The molecule has 3 rings (SSSR count). The van der Waals surface area contributed by atoms with E-state index in [1.54, 1.807) is 11.8 Å². The number of H-pyrrole nitrogens is 1. The lowest BCUT2D eigenvalue weighted by Gasteiger charge is -2.24. The summed E-state index contributed by atoms with van der Waals surface area (Å²) in [5, 5.41) is 13.7. The van der Waals surface area contributed by atoms with Gasteiger partial charge < -0.3 is 15.5 Å². The molecule has 0 aliphatic carbocycles. The molecule has 1 aromatic heterocycles. The van der Waals surface area contributed by atoms with Crippen molar-refractivity contribution >= 4 is 35.1 Å². The molecule has 2 aromatic rings. The first-order valence-electron chi connectivity index (χ1n) is 7.90. The molecule has 1 unspecified atom stereocenters. The molecule has 0 spiro atoms. The first-order valence-corrected chi connectivity index (χ1v) is 7.90. The van der Waals surface area contributed by atoms with Gasteiger partial charge in [-0.1, -0.05) is 18.2 Å². The van der Waals surface area contributed by atoms with Crippen molar-refractivity contribution in [1.29, 1.82) is 0 Å². The minimum Gasteiger partial charge on any atom is -0.340 e. The Morgan fingerprint density at radius 3 is 2.88 bits per heavy atom. The molecule has 2 heterocycles. The molecule has 7 nitrogen and oxygen atoms in total. The Kier molecular flexibility index (Phi) is 6.16. The number of aromatic amines is 1. The van der Waals surface area contributed by atoms with Gasteiger partial charge in [-0.15, -0.1) is 12.4 Å². The molecule has 0 saturated carbocycles. The van der Waals surface area contributed by atoms with E-state index in [0.29, 0.717) is 12.2 Å². The maximum atomic E-state index is 12.5. The highest BCUT2D eigenvalue weighted by Crippen LogP contribution is 2.15. The average Bonchev–Trinajstić information content (AvgIpc) is 2.80. The summed E-state index contributed by atoms with van der Waals surface area (Å²) in [5.41, 5.74) is 1.12. The van der Waals surface area contributed by atoms with Crippen molar-refractivity contribution in [3.05, 3.63) is 30.0 Å². The number of rotatable bonds is 3. The van der Waals surface area contributed by atoms with Crippen LogP contribution < -0.4 is 10.6 Å². The van der Waals surface area contributed by atoms with E-state index in [1.807, 2.05) is 24.3 Å². The van der Waals surface area contributed by atoms with Crippen LogP contribution in [0.25, 0.3) is 10.9 Å². The van der Waals surface area contributed by atoms with Crippen molar-refractivity contribution in [2.45, 2.75) is 19.4 Å². The third kappa shape index (κ3) is 3.85. The zero-order valence-corrected chi connectivity index (χ0v) is 14.4. The van der Waals surface area contributed by atoms with E-state index >= 15 is 0 Å². The van der Waals surface area contributed by atoms with Gasteiger partial charge in [0.2, 0.25) is 5.91 Å². The molecule has 0 bridgehead atoms. The van der Waals surface area contributed by atoms with Gasteiger partial charge in [0.1, 0.15) is 6.04 Å². The van der Waals surface area contributed by atoms with Crippen molar-refractivity contribution in [1.82, 2.24) is 25.7 Å². The average molecular weight is 352 g/mol. The molecule has 1 atom stereocenters. The van der Waals surface area contributed by atoms with E-state index in [1.165, 1.54) is 0 Å². The minimum atomic E-state index is -0.573. The molecule has 24 heavy (non-hydrogen) atoms. The molecular formula is C16H22ClN5O2. The zero-order chi connectivity index (χ0) is 16.2. The van der Waals surface area contributed by atoms with E-state index in [2.05, 4.69) is 20.8 Å². The van der Waals surface area contributed by atoms with Crippen LogP contribution in [0, 0.1) is 0 Å². The maximum Gasteiger partial charge on any atom is 0.273 e. The van der Waals surface area contributed by atoms with Gasteiger partial charge in [0.05, 0.1) is 5.52 Å². The number of nitrogens with one attached hydrogen (secondary N) is 3. The Balaban J connectivity index is 0.00000208. The smallest absolute Gasteiger partial charge is 0.273 e. The first-order chi connectivity index (χ1) is 11.2. The van der Waals surface area contributed by atoms with Crippen LogP contribution in [-0.4, -0.2) is 59.1 Å². The molecule has 3 N–H and O–H groups in total. The lowest BCUT2D eigenvalue weighted by atomic mass is 10.2. The zero-order valence-electron chi connectivity index (χ0n) is 13.5. The normalized spacial score (nSPS) is 16.1. The second kappa shape index (κ2) is 8.12. The Bertz CT molecular complexity index is 709. The van der Waals surface area contributed by atoms with E-state index in [0.717, 1.165) is 37.0 Å². The molecule has 1 fully saturated rings. The van der Waals surface area contributed by atoms with Crippen molar-refractivity contribution < 1.29 is 9.59 Å². The summed E-state index contributed by atoms with van der Waals surface area (Å²) in [4.78, 5) is 26.7. The largest absolute Gasteiger partial charge is 0.340 e. The third-order valence-corrected chi connectivity index (χ3v) is 4.06. The Morgan fingerprint density at radius 2 is 2.04 bits per heavy atom. The van der Waals surface area contributed by atoms with Crippen molar-refractivity contribution in [2.75, 3.05) is 26.2 Å². The predicted octanol–water partition coefficient (Wildman–Crippen LogP) is 0.925. The molecule has 1 aromatic carbocycles. The first kappa shape index (κ1) is 18.2. The number of aromatic nitrogens is 2. The van der Waals surface area contributed by atoms with Crippen LogP contribution in [0.2, 0.25) is 0 Å². The Morgan fingerprint density at radius 1 is 1.25 bits per heavy atom. The van der Waals surface area contributed by atoms with Crippen LogP contribution in [0.5, 0.6) is 0 Å². The summed E-state index contributed by atoms with van der Waals surface area (Å²) in [6.45, 7) is 4.81. The SMILES string of the molecule is CC(NC(=O)c1n[nH]c2ccccc12)C(=O)N1CCCNCC1.Cl. The number of hydrogen-bond acceptors (Lipinski definition) is 4. The Labute approximate surface area is 146 Å². The second-order valence-corrected chi connectivity index (χ2v) is 5.74. The van der Waals surface area contributed by atoms with Gasteiger partial charge in [-0.05, 0) is 26.0 Å². The van der Waals surface area contributed by atoms with Crippen LogP contribution in [-0.2, 0) is 4.79 Å². The van der Waals surface area contributed by atoms with Crippen LogP contribution in [0.1, 0.15) is 23.8 Å². The molecule has 2 amide bonds. The fourth-order valence-electron chi connectivity index (χ4n) is 2.80. The minimum absolute atomic E-state index is 0. The van der Waals surface area contributed by atoms with Crippen LogP contribution in [0.3, 0.4) is 0 Å². The van der Waals surface area contributed by atoms with Crippen molar-refractivity contribution in [3.63, 3.8) is 0 Å². The second-order valence-electron chi connectivity index (χ2n) is 5.74. The van der Waals surface area contributed by atoms with Crippen molar-refractivity contribution in [2.24, 2.45) is 0 Å². The summed E-state index contributed by atoms with van der Waals surface area (Å²) in [7, 11) is 0. The van der Waals surface area contributed by atoms with Gasteiger partial charge in [0.15, 0.2) is 5.69 Å². The van der Waals surface area contributed by atoms with Crippen LogP contribution in [0.4, 0.5) is 0 Å². The lowest BCUT2D eigenvalue weighted by Crippen LogP contribution is -2.48. The standard InChI is InChI=1S/C16H21N5O2.ClH/c1-11(16(23)21-9-4-7-17-8-10-21)18-15(22)14-12-5-2-3-6-13(12)19-20-14;/h2-3,5-6,11,17H,4,7-10H2,1H3,(H,18,22)(H,19,20);1H. The molecule has 1 saturated heterocycles. The number of halogens is 1. The third-order valence-electron chi connectivity index (χ3n) is 4.06. The summed E-state index contributed by atoms with van der Waals surface area (Å²) in [5.74, 6) is -0.391. The molecule has 1 aliphatic rings. The van der Waals surface area contributed by atoms with Gasteiger partial charge in [-0.3, -0.25) is 14.7 Å². The number of nitrogens with zero attached hydrogens (tertiary/aromatic N) is 2. The summed E-state index contributed by atoms with van der Waals surface area (Å²) in [6.07, 6.45) is 0.927. The molecule has 8 heteroatoms. The topological polar surface area (TPSA) is 90.1 Å². The highest BCUT2D eigenvalue weighted by molar-refractivity contribution is 6.05. The van der Waals surface area contributed by atoms with Gasteiger partial charge in [0.25, 0.3) is 5.91 Å². The van der Waals surface area contributed by atoms with E-state index < -0.39 is 6.04 Å². The highest BCUT2D eigenvalue weighted by Gasteiger charge is 2.24. The maximum absolute atomic E-state index is 12.5. The van der Waals surface area contributed by atoms with E-state index in [9.17, 15) is 9.59 Å². The summed E-state index contributed by atoms with van der Waals surface area (Å²) >= 11 is 0. The van der Waals surface area contributed by atoms with Crippen molar-refractivity contribution in [3.8, 4) is 0 Å². The summed E-state index contributed by atoms with van der Waals surface area (Å²) < 4.78 is 0. The predicted molar refractivity (Wildman–Crippen MR) is 94.3 cm³/mol. The summed E-state index contributed by atoms with van der Waals surface area (Å²) in [6, 6.07) is 6.85. The fraction of sp³-hybridized carbons (Fsp3) is 0.438. The van der Waals surface area contributed by atoms with E-state index in [4.69, 9.17) is 0 Å². The number of hydrogen-bond donors (Lipinski definition) is 3. The van der Waals surface area contributed by atoms with Gasteiger partial charge in [-0.2, -0.15) is 5.10 Å². The number of fused-ring (bicyclic) bond motifs is 1. The van der Waals surface area contributed by atoms with Gasteiger partial charge in [-0.25, -0.2) is 0 Å². The fourth-order valence-corrected chi connectivity index (χ4v) is 2.80. The monoisotopic (exact) mass is 351 g/mol. The number of carbonyl (C=O) groups is 2. The number of carbonyl (C=O) groups excluding carboxylic acids is 2. The van der Waals surface area contributed by atoms with Gasteiger partial charge in [0, 0.05) is 25.0 Å². The lowest BCUT2D eigenvalue weighted by molar-refractivity contribution is -0.132. The number of benzene rings is 1. The highest BCUT2D eigenvalue weighted by atomic mass is 35.5. The van der Waals surface area contributed by atoms with Gasteiger partial charge >= 0.3 is 0 Å². The number of amides is 2. The molecule has 1 aliphatic heterocycles. The molecule has 0 radical (unpaired) electrons. The van der Waals surface area contributed by atoms with E-state index in [-0.39, 0.29) is 24.2 Å². The number of para-hydroxylation sites is 1. The quantitative estimate of drug-likeness (QED) is 0.767. The molecule has 130 valence electrons. The van der Waals surface area contributed by atoms with Crippen LogP contribution in [0.15, 0.2) is 24.3 Å². The Hall–Kier alpha value is -2.12. The molecular weight excluding hydrogens is 330 g/mol.